The third-order valence-electron chi connectivity index (χ3n) is 3.14. The molecule has 3 rings (SSSR count). The van der Waals surface area contributed by atoms with Gasteiger partial charge in [0, 0.05) is 41.0 Å². The minimum absolute atomic E-state index is 0.772. The fraction of sp³-hybridized carbons (Fsp3) is 0.214. The molecule has 0 unspecified atom stereocenters. The summed E-state index contributed by atoms with van der Waals surface area (Å²) in [6, 6.07) is 10.2. The second-order valence-corrected chi connectivity index (χ2v) is 5.78. The minimum Gasteiger partial charge on any atom is -0.273 e. The lowest BCUT2D eigenvalue weighted by molar-refractivity contribution is 0.586. The molecule has 2 heterocycles. The number of hydrogen-bond acceptors (Lipinski definition) is 3. The number of benzene rings is 1. The van der Waals surface area contributed by atoms with Gasteiger partial charge >= 0.3 is 0 Å². The van der Waals surface area contributed by atoms with Crippen LogP contribution in [-0.2, 0) is 20.0 Å². The lowest BCUT2D eigenvalue weighted by atomic mass is 10.2. The van der Waals surface area contributed by atoms with Crippen LogP contribution in [0.15, 0.2) is 42.9 Å². The summed E-state index contributed by atoms with van der Waals surface area (Å²) >= 11 is 2.29. The SMILES string of the molecule is Cn1nccc1CCn1cnc(-c2cccc(I)c2)n1. The minimum atomic E-state index is 0.772. The Morgan fingerprint density at radius 3 is 2.90 bits per heavy atom. The molecular formula is C14H14IN5. The summed E-state index contributed by atoms with van der Waals surface area (Å²) < 4.78 is 4.95. The van der Waals surface area contributed by atoms with Gasteiger partial charge in [0.2, 0.25) is 0 Å². The average molecular weight is 379 g/mol. The van der Waals surface area contributed by atoms with E-state index in [4.69, 9.17) is 0 Å². The van der Waals surface area contributed by atoms with Crippen LogP contribution in [0.5, 0.6) is 0 Å². The molecule has 3 aromatic rings. The smallest absolute Gasteiger partial charge is 0.181 e. The number of halogens is 1. The van der Waals surface area contributed by atoms with Crippen molar-refractivity contribution in [3.8, 4) is 11.4 Å². The molecule has 0 N–H and O–H groups in total. The van der Waals surface area contributed by atoms with Gasteiger partial charge in [-0.05, 0) is 40.8 Å². The zero-order valence-corrected chi connectivity index (χ0v) is 13.2. The summed E-state index contributed by atoms with van der Waals surface area (Å²) in [7, 11) is 1.95. The zero-order chi connectivity index (χ0) is 13.9. The highest BCUT2D eigenvalue weighted by Gasteiger charge is 2.05. The van der Waals surface area contributed by atoms with Crippen molar-refractivity contribution in [2.75, 3.05) is 0 Å². The Morgan fingerprint density at radius 2 is 2.15 bits per heavy atom. The molecule has 0 amide bonds. The van der Waals surface area contributed by atoms with Gasteiger partial charge in [-0.1, -0.05) is 12.1 Å². The maximum atomic E-state index is 4.52. The van der Waals surface area contributed by atoms with Crippen molar-refractivity contribution in [3.05, 3.63) is 52.1 Å². The third-order valence-corrected chi connectivity index (χ3v) is 3.81. The van der Waals surface area contributed by atoms with Crippen molar-refractivity contribution in [2.24, 2.45) is 7.05 Å². The van der Waals surface area contributed by atoms with E-state index in [2.05, 4.69) is 49.9 Å². The summed E-state index contributed by atoms with van der Waals surface area (Å²) in [4.78, 5) is 4.38. The van der Waals surface area contributed by atoms with Crippen molar-refractivity contribution in [1.29, 1.82) is 0 Å². The van der Waals surface area contributed by atoms with Crippen LogP contribution in [0.2, 0.25) is 0 Å². The van der Waals surface area contributed by atoms with Gasteiger partial charge in [0.05, 0.1) is 0 Å². The standard InChI is InChI=1S/C14H14IN5/c1-19-13(5-7-17-19)6-8-20-10-16-14(18-20)11-3-2-4-12(15)9-11/h2-5,7,9-10H,6,8H2,1H3. The van der Waals surface area contributed by atoms with Crippen LogP contribution in [-0.4, -0.2) is 24.5 Å². The predicted octanol–water partition coefficient (Wildman–Crippen LogP) is 2.53. The molecule has 0 spiro atoms. The molecule has 0 atom stereocenters. The molecule has 2 aromatic heterocycles. The van der Waals surface area contributed by atoms with Gasteiger partial charge in [-0.3, -0.25) is 9.36 Å². The largest absolute Gasteiger partial charge is 0.273 e. The highest BCUT2D eigenvalue weighted by atomic mass is 127. The molecule has 0 radical (unpaired) electrons. The van der Waals surface area contributed by atoms with E-state index in [0.29, 0.717) is 0 Å². The van der Waals surface area contributed by atoms with Gasteiger partial charge in [0.15, 0.2) is 5.82 Å². The van der Waals surface area contributed by atoms with Crippen molar-refractivity contribution in [1.82, 2.24) is 24.5 Å². The normalized spacial score (nSPS) is 10.9. The Hall–Kier alpha value is -1.70. The van der Waals surface area contributed by atoms with Crippen LogP contribution >= 0.6 is 22.6 Å². The number of aryl methyl sites for hydroxylation is 3. The average Bonchev–Trinajstić information content (AvgIpc) is 3.05. The lowest BCUT2D eigenvalue weighted by Crippen LogP contribution is -2.06. The number of rotatable bonds is 4. The predicted molar refractivity (Wildman–Crippen MR) is 85.1 cm³/mol. The third kappa shape index (κ3) is 2.90. The van der Waals surface area contributed by atoms with Gasteiger partial charge in [-0.2, -0.15) is 10.2 Å². The molecule has 0 aliphatic carbocycles. The van der Waals surface area contributed by atoms with Crippen LogP contribution in [0.4, 0.5) is 0 Å². The van der Waals surface area contributed by atoms with Crippen LogP contribution in [0, 0.1) is 3.57 Å². The van der Waals surface area contributed by atoms with E-state index in [9.17, 15) is 0 Å². The monoisotopic (exact) mass is 379 g/mol. The first kappa shape index (κ1) is 13.3. The van der Waals surface area contributed by atoms with E-state index in [1.807, 2.05) is 40.8 Å². The van der Waals surface area contributed by atoms with E-state index >= 15 is 0 Å². The summed E-state index contributed by atoms with van der Waals surface area (Å²) in [5.41, 5.74) is 2.24. The Bertz CT molecular complexity index is 716. The van der Waals surface area contributed by atoms with Crippen LogP contribution in [0.3, 0.4) is 0 Å². The molecule has 1 aromatic carbocycles. The van der Waals surface area contributed by atoms with Crippen molar-refractivity contribution in [2.45, 2.75) is 13.0 Å². The summed E-state index contributed by atoms with van der Waals surface area (Å²) in [6.07, 6.45) is 4.49. The molecule has 6 heteroatoms. The lowest BCUT2D eigenvalue weighted by Gasteiger charge is -2.01. The van der Waals surface area contributed by atoms with Crippen LogP contribution in [0.1, 0.15) is 5.69 Å². The highest BCUT2D eigenvalue weighted by molar-refractivity contribution is 14.1. The molecule has 0 aliphatic rings. The number of aromatic nitrogens is 5. The van der Waals surface area contributed by atoms with E-state index < -0.39 is 0 Å². The maximum absolute atomic E-state index is 4.52. The summed E-state index contributed by atoms with van der Waals surface area (Å²) in [5.74, 6) is 0.772. The Kier molecular flexibility index (Phi) is 3.81. The molecule has 0 saturated carbocycles. The molecule has 0 fully saturated rings. The topological polar surface area (TPSA) is 48.5 Å². The number of nitrogens with zero attached hydrogens (tertiary/aromatic N) is 5. The summed E-state index contributed by atoms with van der Waals surface area (Å²) in [6.45, 7) is 0.802. The quantitative estimate of drug-likeness (QED) is 0.655. The first-order valence-corrected chi connectivity index (χ1v) is 7.42. The van der Waals surface area contributed by atoms with Crippen LogP contribution in [0.25, 0.3) is 11.4 Å². The van der Waals surface area contributed by atoms with Crippen molar-refractivity contribution in [3.63, 3.8) is 0 Å². The summed E-state index contributed by atoms with van der Waals surface area (Å²) in [5, 5.41) is 8.69. The van der Waals surface area contributed by atoms with E-state index in [1.165, 1.54) is 9.26 Å². The van der Waals surface area contributed by atoms with E-state index in [-0.39, 0.29) is 0 Å². The Balaban J connectivity index is 1.72. The molecular weight excluding hydrogens is 365 g/mol. The molecule has 0 saturated heterocycles. The first-order valence-electron chi connectivity index (χ1n) is 6.34. The number of hydrogen-bond donors (Lipinski definition) is 0. The van der Waals surface area contributed by atoms with Gasteiger partial charge in [-0.15, -0.1) is 0 Å². The first-order chi connectivity index (χ1) is 9.72. The molecule has 0 bridgehead atoms. The van der Waals surface area contributed by atoms with Crippen LogP contribution < -0.4 is 0 Å². The van der Waals surface area contributed by atoms with Gasteiger partial charge in [-0.25, -0.2) is 4.98 Å². The van der Waals surface area contributed by atoms with Crippen molar-refractivity contribution < 1.29 is 0 Å². The van der Waals surface area contributed by atoms with E-state index in [1.54, 1.807) is 6.33 Å². The zero-order valence-electron chi connectivity index (χ0n) is 11.1. The van der Waals surface area contributed by atoms with Gasteiger partial charge in [0.1, 0.15) is 6.33 Å². The molecule has 102 valence electrons. The molecule has 20 heavy (non-hydrogen) atoms. The maximum Gasteiger partial charge on any atom is 0.181 e. The fourth-order valence-electron chi connectivity index (χ4n) is 2.04. The van der Waals surface area contributed by atoms with Crippen molar-refractivity contribution >= 4 is 22.6 Å². The Labute approximate surface area is 130 Å². The molecule has 0 aliphatic heterocycles. The Morgan fingerprint density at radius 1 is 1.25 bits per heavy atom. The van der Waals surface area contributed by atoms with E-state index in [0.717, 1.165) is 24.4 Å². The van der Waals surface area contributed by atoms with Gasteiger partial charge in [0.25, 0.3) is 0 Å². The second kappa shape index (κ2) is 5.74. The molecule has 5 nitrogen and oxygen atoms in total. The second-order valence-electron chi connectivity index (χ2n) is 4.54. The van der Waals surface area contributed by atoms with Gasteiger partial charge < -0.3 is 0 Å². The highest BCUT2D eigenvalue weighted by Crippen LogP contribution is 2.17. The fourth-order valence-corrected chi connectivity index (χ4v) is 2.58.